The van der Waals surface area contributed by atoms with Crippen LogP contribution >= 0.6 is 0 Å². The van der Waals surface area contributed by atoms with E-state index in [2.05, 4.69) is 10.0 Å². The van der Waals surface area contributed by atoms with Crippen molar-refractivity contribution in [2.75, 3.05) is 17.5 Å². The van der Waals surface area contributed by atoms with Crippen molar-refractivity contribution in [2.45, 2.75) is 25.3 Å². The molecule has 0 amide bonds. The SMILES string of the molecule is CNCc1cc(-c2ccccc2F)n(S(=O)(=O)c2cccc(NS(=O)(=O)CC(C)C)c2)c1. The third-order valence-electron chi connectivity index (χ3n) is 4.59. The van der Waals surface area contributed by atoms with Crippen LogP contribution < -0.4 is 10.0 Å². The number of hydrogen-bond acceptors (Lipinski definition) is 5. The first-order chi connectivity index (χ1) is 15.0. The lowest BCUT2D eigenvalue weighted by Gasteiger charge is -2.13. The summed E-state index contributed by atoms with van der Waals surface area (Å²) in [6, 6.07) is 13.1. The van der Waals surface area contributed by atoms with Gasteiger partial charge in [0.15, 0.2) is 0 Å². The van der Waals surface area contributed by atoms with E-state index in [1.54, 1.807) is 33.0 Å². The summed E-state index contributed by atoms with van der Waals surface area (Å²) in [5.74, 6) is -0.728. The molecule has 0 atom stereocenters. The zero-order valence-corrected chi connectivity index (χ0v) is 19.7. The zero-order chi connectivity index (χ0) is 23.5. The number of halogens is 1. The number of anilines is 1. The van der Waals surface area contributed by atoms with Crippen molar-refractivity contribution < 1.29 is 21.2 Å². The minimum Gasteiger partial charge on any atom is -0.316 e. The first-order valence-corrected chi connectivity index (χ1v) is 13.1. The molecule has 1 heterocycles. The van der Waals surface area contributed by atoms with Gasteiger partial charge in [0, 0.05) is 24.0 Å². The molecular formula is C22H26FN3O4S2. The molecule has 0 aliphatic rings. The highest BCUT2D eigenvalue weighted by Crippen LogP contribution is 2.30. The van der Waals surface area contributed by atoms with Gasteiger partial charge in [-0.3, -0.25) is 4.72 Å². The lowest BCUT2D eigenvalue weighted by atomic mass is 10.1. The molecule has 0 aliphatic heterocycles. The number of benzene rings is 2. The van der Waals surface area contributed by atoms with E-state index < -0.39 is 25.9 Å². The molecule has 172 valence electrons. The van der Waals surface area contributed by atoms with Crippen LogP contribution in [0.1, 0.15) is 19.4 Å². The van der Waals surface area contributed by atoms with E-state index >= 15 is 0 Å². The van der Waals surface area contributed by atoms with E-state index in [9.17, 15) is 21.2 Å². The molecule has 2 N–H and O–H groups in total. The van der Waals surface area contributed by atoms with E-state index in [0.29, 0.717) is 12.1 Å². The predicted molar refractivity (Wildman–Crippen MR) is 124 cm³/mol. The number of sulfonamides is 1. The van der Waals surface area contributed by atoms with Crippen LogP contribution in [0.25, 0.3) is 11.3 Å². The summed E-state index contributed by atoms with van der Waals surface area (Å²) >= 11 is 0. The first-order valence-electron chi connectivity index (χ1n) is 10.0. The smallest absolute Gasteiger partial charge is 0.268 e. The molecule has 0 aliphatic carbocycles. The zero-order valence-electron chi connectivity index (χ0n) is 18.0. The fourth-order valence-corrected chi connectivity index (χ4v) is 6.24. The van der Waals surface area contributed by atoms with Gasteiger partial charge in [0.25, 0.3) is 10.0 Å². The average Bonchev–Trinajstić information content (AvgIpc) is 3.12. The number of nitrogens with one attached hydrogen (secondary N) is 2. The Balaban J connectivity index is 2.08. The molecule has 0 unspecified atom stereocenters. The van der Waals surface area contributed by atoms with Crippen LogP contribution in [0.3, 0.4) is 0 Å². The third-order valence-corrected chi connectivity index (χ3v) is 7.91. The third kappa shape index (κ3) is 5.37. The number of aromatic nitrogens is 1. The van der Waals surface area contributed by atoms with Crippen molar-refractivity contribution in [1.29, 1.82) is 0 Å². The average molecular weight is 480 g/mol. The van der Waals surface area contributed by atoms with E-state index in [1.165, 1.54) is 48.7 Å². The fraction of sp³-hybridized carbons (Fsp3) is 0.273. The fourth-order valence-electron chi connectivity index (χ4n) is 3.36. The summed E-state index contributed by atoms with van der Waals surface area (Å²) < 4.78 is 69.5. The largest absolute Gasteiger partial charge is 0.316 e. The lowest BCUT2D eigenvalue weighted by Crippen LogP contribution is -2.20. The van der Waals surface area contributed by atoms with Crippen LogP contribution in [0.2, 0.25) is 0 Å². The van der Waals surface area contributed by atoms with Crippen molar-refractivity contribution >= 4 is 25.7 Å². The van der Waals surface area contributed by atoms with E-state index in [0.717, 1.165) is 3.97 Å². The topological polar surface area (TPSA) is 97.3 Å². The molecule has 3 aromatic rings. The van der Waals surface area contributed by atoms with Crippen molar-refractivity contribution in [1.82, 2.24) is 9.29 Å². The second kappa shape index (κ2) is 9.43. The van der Waals surface area contributed by atoms with Crippen LogP contribution in [0.5, 0.6) is 0 Å². The first kappa shape index (κ1) is 24.0. The van der Waals surface area contributed by atoms with Crippen LogP contribution in [-0.2, 0) is 26.6 Å². The highest BCUT2D eigenvalue weighted by molar-refractivity contribution is 7.92. The monoisotopic (exact) mass is 479 g/mol. The lowest BCUT2D eigenvalue weighted by molar-refractivity contribution is 0.584. The maximum absolute atomic E-state index is 14.5. The van der Waals surface area contributed by atoms with Crippen LogP contribution in [0.4, 0.5) is 10.1 Å². The molecule has 10 heteroatoms. The Morgan fingerprint density at radius 1 is 1.00 bits per heavy atom. The molecule has 0 saturated heterocycles. The van der Waals surface area contributed by atoms with Gasteiger partial charge in [0.2, 0.25) is 10.0 Å². The second-order valence-corrected chi connectivity index (χ2v) is 11.4. The highest BCUT2D eigenvalue weighted by Gasteiger charge is 2.24. The van der Waals surface area contributed by atoms with E-state index in [4.69, 9.17) is 0 Å². The number of hydrogen-bond donors (Lipinski definition) is 2. The van der Waals surface area contributed by atoms with Gasteiger partial charge in [-0.2, -0.15) is 0 Å². The van der Waals surface area contributed by atoms with Gasteiger partial charge in [-0.15, -0.1) is 0 Å². The molecule has 2 aromatic carbocycles. The van der Waals surface area contributed by atoms with Gasteiger partial charge in [-0.1, -0.05) is 32.0 Å². The molecule has 0 radical (unpaired) electrons. The summed E-state index contributed by atoms with van der Waals surface area (Å²) in [5.41, 5.74) is 1.12. The highest BCUT2D eigenvalue weighted by atomic mass is 32.2. The Kier molecular flexibility index (Phi) is 7.06. The second-order valence-electron chi connectivity index (χ2n) is 7.85. The molecule has 0 fully saturated rings. The number of nitrogens with zero attached hydrogens (tertiary/aromatic N) is 1. The Labute approximate surface area is 188 Å². The van der Waals surface area contributed by atoms with Gasteiger partial charge in [-0.05, 0) is 54.9 Å². The van der Waals surface area contributed by atoms with Crippen LogP contribution in [0.15, 0.2) is 65.7 Å². The molecule has 0 spiro atoms. The quantitative estimate of drug-likeness (QED) is 0.488. The van der Waals surface area contributed by atoms with Gasteiger partial charge < -0.3 is 5.32 Å². The van der Waals surface area contributed by atoms with Crippen LogP contribution in [0, 0.1) is 11.7 Å². The van der Waals surface area contributed by atoms with Gasteiger partial charge in [0.05, 0.1) is 16.3 Å². The maximum Gasteiger partial charge on any atom is 0.268 e. The minimum atomic E-state index is -4.15. The van der Waals surface area contributed by atoms with Crippen molar-refractivity contribution in [3.63, 3.8) is 0 Å². The van der Waals surface area contributed by atoms with Crippen molar-refractivity contribution in [2.24, 2.45) is 5.92 Å². The molecule has 0 saturated carbocycles. The predicted octanol–water partition coefficient (Wildman–Crippen LogP) is 3.65. The molecule has 3 rings (SSSR count). The van der Waals surface area contributed by atoms with E-state index in [-0.39, 0.29) is 33.5 Å². The maximum atomic E-state index is 14.5. The van der Waals surface area contributed by atoms with Gasteiger partial charge >= 0.3 is 0 Å². The molecule has 0 bridgehead atoms. The molecular weight excluding hydrogens is 453 g/mol. The van der Waals surface area contributed by atoms with E-state index in [1.807, 2.05) is 0 Å². The standard InChI is InChI=1S/C22H26FN3O4S2/c1-16(2)15-31(27,28)25-18-7-6-8-19(12-18)32(29,30)26-14-17(13-24-3)11-22(26)20-9-4-5-10-21(20)23/h4-12,14,16,24-25H,13,15H2,1-3H3. The van der Waals surface area contributed by atoms with Crippen molar-refractivity contribution in [3.8, 4) is 11.3 Å². The summed E-state index contributed by atoms with van der Waals surface area (Å²) in [4.78, 5) is -0.119. The normalized spacial score (nSPS) is 12.3. The summed E-state index contributed by atoms with van der Waals surface area (Å²) in [7, 11) is -6.05. The summed E-state index contributed by atoms with van der Waals surface area (Å²) in [6.07, 6.45) is 1.43. The summed E-state index contributed by atoms with van der Waals surface area (Å²) in [5, 5.41) is 2.95. The Morgan fingerprint density at radius 3 is 2.38 bits per heavy atom. The Bertz CT molecular complexity index is 1320. The Hall–Kier alpha value is -2.69. The summed E-state index contributed by atoms with van der Waals surface area (Å²) in [6.45, 7) is 3.94. The van der Waals surface area contributed by atoms with Crippen molar-refractivity contribution in [3.05, 3.63) is 72.2 Å². The Morgan fingerprint density at radius 2 is 1.72 bits per heavy atom. The minimum absolute atomic E-state index is 0.0896. The molecule has 1 aromatic heterocycles. The molecule has 7 nitrogen and oxygen atoms in total. The number of rotatable bonds is 9. The molecule has 32 heavy (non-hydrogen) atoms. The van der Waals surface area contributed by atoms with Gasteiger partial charge in [-0.25, -0.2) is 25.2 Å². The van der Waals surface area contributed by atoms with Gasteiger partial charge in [0.1, 0.15) is 5.82 Å². The van der Waals surface area contributed by atoms with Crippen LogP contribution in [-0.4, -0.2) is 33.6 Å².